The summed E-state index contributed by atoms with van der Waals surface area (Å²) in [5.41, 5.74) is 25.5. The number of nitrogens with zero attached hydrogens (tertiary/aromatic N) is 21. The van der Waals surface area contributed by atoms with Gasteiger partial charge < -0.3 is 85.9 Å². The van der Waals surface area contributed by atoms with Crippen LogP contribution < -0.4 is 24.9 Å². The van der Waals surface area contributed by atoms with Gasteiger partial charge in [0.25, 0.3) is 5.91 Å². The average molecular weight is 2270 g/mol. The Hall–Kier alpha value is -10.1. The van der Waals surface area contributed by atoms with Crippen LogP contribution in [0.1, 0.15) is 116 Å². The van der Waals surface area contributed by atoms with Gasteiger partial charge in [0.1, 0.15) is 23.3 Å². The second-order valence-corrected chi connectivity index (χ2v) is 42.1. The Morgan fingerprint density at radius 1 is 0.438 bits per heavy atom. The number of halogens is 1. The SMILES string of the molecule is Brc1csc2c(-c3cccc4c3C=NC4)nc(N3CCOCC3)nc12.C1=NCc2cccc(-c3nc(N4CCOCC4)nc4c(CN5CCNCC5)csc34)c21.CC(C)(C)OC(=O)N1CCN(Cc2csc3c(-c4cccc5c4C=NC5)nc(N4CCOCC4)nc23)CC1.CC1CCCO1.C[C@@H](O)C(=O)N1CCN(Cc2csc3c(-c4cccc5c4C=NC5)nc(N4CCOCC4)nc23)CC1.C[C@@H](O)C(=O)O.[CH3-].[W]. The molecule has 0 bridgehead atoms. The number of hydrogen-bond donors (Lipinski definition) is 4. The number of aliphatic imine (C=N–C) groups is 4. The summed E-state index contributed by atoms with van der Waals surface area (Å²) in [6, 6.07) is 25.6. The Balaban J connectivity index is 0.000000127. The first-order valence-corrected chi connectivity index (χ1v) is 53.4. The summed E-state index contributed by atoms with van der Waals surface area (Å²) in [5, 5.41) is 37.7. The summed E-state index contributed by atoms with van der Waals surface area (Å²) in [4.78, 5) is 112. The Labute approximate surface area is 877 Å². The van der Waals surface area contributed by atoms with Crippen molar-refractivity contribution in [3.8, 4) is 45.0 Å². The largest absolute Gasteiger partial charge is 0.479 e. The molecule has 2 amide bonds. The van der Waals surface area contributed by atoms with Gasteiger partial charge in [0, 0.05) is 270 Å². The average Bonchev–Trinajstić information content (AvgIpc) is 1.59. The first kappa shape index (κ1) is 105. The molecular weight excluding hydrogens is 2140 g/mol. The molecule has 12 aromatic rings. The number of fused-ring (bicyclic) bond motifs is 8. The third-order valence-electron chi connectivity index (χ3n) is 26.7. The molecule has 8 saturated heterocycles. The Bertz CT molecular complexity index is 6640. The predicted octanol–water partition coefficient (Wildman–Crippen LogP) is 13.8. The predicted molar refractivity (Wildman–Crippen MR) is 572 cm³/mol. The van der Waals surface area contributed by atoms with Gasteiger partial charge in [-0.05, 0) is 109 Å². The normalized spacial score (nSPS) is 18.7. The maximum Gasteiger partial charge on any atom is 0.410 e. The molecule has 4 aromatic carbocycles. The number of amides is 2. The van der Waals surface area contributed by atoms with Gasteiger partial charge in [0.2, 0.25) is 23.8 Å². The Kier molecular flexibility index (Phi) is 35.6. The van der Waals surface area contributed by atoms with E-state index in [0.29, 0.717) is 65.3 Å². The molecule has 0 saturated carbocycles. The topological polar surface area (TPSA) is 361 Å². The third kappa shape index (κ3) is 24.8. The molecule has 0 spiro atoms. The van der Waals surface area contributed by atoms with E-state index in [1.54, 1.807) is 50.2 Å². The van der Waals surface area contributed by atoms with E-state index in [9.17, 15) is 19.5 Å². The van der Waals surface area contributed by atoms with Crippen LogP contribution in [0.3, 0.4) is 0 Å². The van der Waals surface area contributed by atoms with E-state index in [2.05, 4.69) is 177 Å². The maximum absolute atomic E-state index is 12.5. The number of carbonyl (C=O) groups excluding carboxylic acids is 2. The van der Waals surface area contributed by atoms with Crippen molar-refractivity contribution in [2.75, 3.05) is 210 Å². The van der Waals surface area contributed by atoms with Crippen LogP contribution in [0.25, 0.3) is 85.9 Å². The van der Waals surface area contributed by atoms with E-state index >= 15 is 0 Å². The van der Waals surface area contributed by atoms with Gasteiger partial charge in [-0.25, -0.2) is 49.5 Å². The van der Waals surface area contributed by atoms with E-state index in [0.717, 1.165) is 298 Å². The molecule has 0 radical (unpaired) electrons. The van der Waals surface area contributed by atoms with Crippen LogP contribution in [-0.2, 0) is 105 Å². The molecule has 8 fully saturated rings. The third-order valence-corrected chi connectivity index (χ3v) is 31.6. The van der Waals surface area contributed by atoms with Crippen molar-refractivity contribution in [1.82, 2.24) is 69.7 Å². The number of carboxylic acids is 1. The molecule has 3 atom stereocenters. The number of aliphatic carboxylic acids is 1. The summed E-state index contributed by atoms with van der Waals surface area (Å²) in [6.45, 7) is 39.0. The molecule has 760 valence electrons. The number of anilines is 4. The maximum atomic E-state index is 12.5. The summed E-state index contributed by atoms with van der Waals surface area (Å²) < 4.78 is 38.4. The van der Waals surface area contributed by atoms with Crippen molar-refractivity contribution >= 4 is 169 Å². The molecule has 8 aromatic heterocycles. The zero-order valence-corrected chi connectivity index (χ0v) is 90.3. The van der Waals surface area contributed by atoms with E-state index in [1.165, 1.54) is 81.5 Å². The van der Waals surface area contributed by atoms with Gasteiger partial charge >= 0.3 is 12.1 Å². The second kappa shape index (κ2) is 48.7. The number of piperazine rings is 3. The number of aliphatic hydroxyl groups excluding tert-OH is 2. The number of hydrogen-bond acceptors (Lipinski definition) is 35. The monoisotopic (exact) mass is 2260 g/mol. The first-order chi connectivity index (χ1) is 69.1. The number of benzene rings is 4. The molecule has 12 aliphatic rings. The Morgan fingerprint density at radius 3 is 1.05 bits per heavy atom. The van der Waals surface area contributed by atoms with Gasteiger partial charge in [-0.1, -0.05) is 72.8 Å². The van der Waals surface area contributed by atoms with Crippen LogP contribution in [0.15, 0.2) is 119 Å². The fourth-order valence-corrected chi connectivity index (χ4v) is 23.5. The number of nitrogens with one attached hydrogen (secondary N) is 1. The van der Waals surface area contributed by atoms with Crippen molar-refractivity contribution in [2.24, 2.45) is 20.0 Å². The number of rotatable bonds is 16. The number of aliphatic hydroxyl groups is 2. The van der Waals surface area contributed by atoms with Crippen molar-refractivity contribution in [3.63, 3.8) is 0 Å². The van der Waals surface area contributed by atoms with Crippen LogP contribution in [0.2, 0.25) is 0 Å². The second-order valence-electron chi connectivity index (χ2n) is 37.7. The van der Waals surface area contributed by atoms with Crippen LogP contribution in [0, 0.1) is 7.43 Å². The standard InChI is InChI=1S/C28H34N6O3S.C26H30N6O3S.C23H26N6OS.C18H15BrN4OS.C5H10O.C3H6O3.CH3.W/c1-28(2,3)37-27(35)34-9-7-32(8-10-34)17-20-18-38-25-23(20)30-26(33-11-13-36-14-12-33)31-24(25)21-6-4-5-19-15-29-16-22(19)21;1-17(33)25(34)31-7-5-30(6-8-31)15-19-16-36-24-22(19)28-26(32-9-11-35-12-10-32)29-23(24)20-4-2-3-18-13-27-14-21(18)20;1-2-16-12-25-13-19(16)18(3-1)21-22-20(26-23(27-21)29-8-10-30-11-9-29)17(15-31-22)14-28-6-4-24-5-7-28;19-14-10-25-17-15(12-3-1-2-11-8-20-9-13(11)12)21-18(22-16(14)17)23-4-6-24-7-5-23;1-5-3-2-4-6-5;1-2(4)3(5)6;;/h4-6,16,18H,7-15,17H2,1-3H3;2-4,14,16-17,33H,5-13,15H2,1H3;1-3,13,15,24H,4-12,14H2;1-3,9-10H,4-8H2;5H,2-4H2,1H3;2,4H,1H3,(H,5,6);1H3;/q;;;;;;-1;/t;17-;;;;2-;;/m.1...1../s1. The number of carbonyl (C=O) groups is 3. The molecule has 20 heterocycles. The first-order valence-electron chi connectivity index (χ1n) is 49.1. The Morgan fingerprint density at radius 2 is 0.750 bits per heavy atom. The number of ether oxygens (including phenoxy) is 6. The molecule has 24 rings (SSSR count). The van der Waals surface area contributed by atoms with Crippen LogP contribution in [-0.4, -0.2) is 337 Å². The van der Waals surface area contributed by atoms with Gasteiger partial charge in [-0.2, -0.15) is 0 Å². The van der Waals surface area contributed by atoms with Gasteiger partial charge in [0.15, 0.2) is 0 Å². The molecule has 0 aliphatic carbocycles. The van der Waals surface area contributed by atoms with Crippen molar-refractivity contribution in [2.45, 2.75) is 124 Å². The number of carboxylic acid groups (broad SMARTS) is 1. The van der Waals surface area contributed by atoms with Gasteiger partial charge in [-0.15, -0.1) is 45.3 Å². The van der Waals surface area contributed by atoms with Crippen molar-refractivity contribution < 1.29 is 79.2 Å². The fraction of sp³-hybridized carbons (Fsp3) is 0.462. The molecule has 4 N–H and O–H groups in total. The summed E-state index contributed by atoms with van der Waals surface area (Å²) >= 11 is 10.5. The summed E-state index contributed by atoms with van der Waals surface area (Å²) in [5.74, 6) is 1.73. The smallest absolute Gasteiger partial charge is 0.410 e. The van der Waals surface area contributed by atoms with Crippen LogP contribution in [0.5, 0.6) is 0 Å². The minimum atomic E-state index is -1.23. The quantitative estimate of drug-likeness (QED) is 0.0653. The number of aromatic nitrogens is 8. The minimum Gasteiger partial charge on any atom is -0.479 e. The zero-order chi connectivity index (χ0) is 97.9. The zero-order valence-electron chi connectivity index (χ0n) is 82.5. The molecule has 40 heteroatoms. The number of thiophene rings is 4. The summed E-state index contributed by atoms with van der Waals surface area (Å²) in [6.07, 6.45) is 8.58. The molecule has 34 nitrogen and oxygen atoms in total. The van der Waals surface area contributed by atoms with Crippen molar-refractivity contribution in [3.05, 3.63) is 167 Å². The van der Waals surface area contributed by atoms with Crippen LogP contribution in [0.4, 0.5) is 28.6 Å². The van der Waals surface area contributed by atoms with E-state index < -0.39 is 23.8 Å². The van der Waals surface area contributed by atoms with Crippen LogP contribution >= 0.6 is 61.3 Å². The molecule has 144 heavy (non-hydrogen) atoms. The minimum absolute atomic E-state index is 0. The van der Waals surface area contributed by atoms with E-state index in [4.69, 9.17) is 78.5 Å². The molecule has 1 unspecified atom stereocenters. The van der Waals surface area contributed by atoms with Gasteiger partial charge in [-0.3, -0.25) is 39.5 Å². The molecular formula is C104H124BrN22O12S4W-. The van der Waals surface area contributed by atoms with E-state index in [1.807, 2.05) is 50.5 Å². The van der Waals surface area contributed by atoms with Gasteiger partial charge in [0.05, 0.1) is 148 Å². The van der Waals surface area contributed by atoms with Crippen molar-refractivity contribution in [1.29, 1.82) is 0 Å². The molecule has 12 aliphatic heterocycles. The fourth-order valence-electron chi connectivity index (χ4n) is 18.9. The van der Waals surface area contributed by atoms with E-state index in [-0.39, 0.29) is 40.5 Å². The number of morpholine rings is 4. The summed E-state index contributed by atoms with van der Waals surface area (Å²) in [7, 11) is 0.